The van der Waals surface area contributed by atoms with E-state index >= 15 is 0 Å². The summed E-state index contributed by atoms with van der Waals surface area (Å²) >= 11 is 0. The van der Waals surface area contributed by atoms with E-state index in [0.717, 1.165) is 11.3 Å². The summed E-state index contributed by atoms with van der Waals surface area (Å²) in [5.41, 5.74) is 2.28. The molecule has 0 unspecified atom stereocenters. The zero-order valence-electron chi connectivity index (χ0n) is 16.5. The van der Waals surface area contributed by atoms with Gasteiger partial charge in [-0.2, -0.15) is 0 Å². The van der Waals surface area contributed by atoms with Gasteiger partial charge in [0.25, 0.3) is 5.91 Å². The highest BCUT2D eigenvalue weighted by molar-refractivity contribution is 5.99. The van der Waals surface area contributed by atoms with Crippen molar-refractivity contribution >= 4 is 23.5 Å². The number of fused-ring (bicyclic) bond motifs is 1. The van der Waals surface area contributed by atoms with Crippen LogP contribution in [-0.4, -0.2) is 66.4 Å². The van der Waals surface area contributed by atoms with Crippen LogP contribution < -0.4 is 10.2 Å². The van der Waals surface area contributed by atoms with Gasteiger partial charge in [0.05, 0.1) is 0 Å². The van der Waals surface area contributed by atoms with Crippen molar-refractivity contribution in [1.29, 1.82) is 0 Å². The number of aryl methyl sites for hydroxylation is 1. The average molecular weight is 372 g/mol. The van der Waals surface area contributed by atoms with Crippen molar-refractivity contribution < 1.29 is 14.4 Å². The first-order valence-electron chi connectivity index (χ1n) is 9.41. The first-order chi connectivity index (χ1) is 12.7. The zero-order chi connectivity index (χ0) is 19.8. The van der Waals surface area contributed by atoms with Gasteiger partial charge in [0.2, 0.25) is 5.91 Å². The molecule has 2 heterocycles. The van der Waals surface area contributed by atoms with Gasteiger partial charge in [-0.15, -0.1) is 0 Å². The summed E-state index contributed by atoms with van der Waals surface area (Å²) in [6.45, 7) is 7.94. The second-order valence-corrected chi connectivity index (χ2v) is 8.26. The first-order valence-corrected chi connectivity index (χ1v) is 9.41. The molecule has 0 aliphatic carbocycles. The van der Waals surface area contributed by atoms with E-state index < -0.39 is 0 Å². The van der Waals surface area contributed by atoms with Gasteiger partial charge in [0.1, 0.15) is 0 Å². The smallest absolute Gasteiger partial charge is 0.317 e. The number of hydrogen-bond donors (Lipinski definition) is 1. The highest BCUT2D eigenvalue weighted by Gasteiger charge is 2.28. The Balaban J connectivity index is 1.63. The van der Waals surface area contributed by atoms with E-state index in [0.29, 0.717) is 44.6 Å². The fourth-order valence-corrected chi connectivity index (χ4v) is 3.48. The number of benzene rings is 1. The van der Waals surface area contributed by atoms with E-state index in [1.54, 1.807) is 27.8 Å². The minimum Gasteiger partial charge on any atom is -0.335 e. The van der Waals surface area contributed by atoms with Crippen molar-refractivity contribution in [1.82, 2.24) is 15.1 Å². The van der Waals surface area contributed by atoms with Crippen LogP contribution in [0.4, 0.5) is 10.5 Å². The Bertz CT molecular complexity index is 761. The molecule has 146 valence electrons. The summed E-state index contributed by atoms with van der Waals surface area (Å²) in [6.07, 6.45) is 1.14. The van der Waals surface area contributed by atoms with E-state index in [1.165, 1.54) is 0 Å². The molecule has 7 heteroatoms. The number of urea groups is 1. The molecule has 2 aliphatic rings. The Hall–Kier alpha value is -2.57. The third-order valence-corrected chi connectivity index (χ3v) is 5.01. The lowest BCUT2D eigenvalue weighted by atomic mass is 9.98. The number of anilines is 1. The fourth-order valence-electron chi connectivity index (χ4n) is 3.48. The molecule has 0 spiro atoms. The van der Waals surface area contributed by atoms with Gasteiger partial charge in [0.15, 0.2) is 0 Å². The van der Waals surface area contributed by atoms with Crippen molar-refractivity contribution in [3.63, 3.8) is 0 Å². The van der Waals surface area contributed by atoms with Gasteiger partial charge in [-0.1, -0.05) is 0 Å². The van der Waals surface area contributed by atoms with Gasteiger partial charge >= 0.3 is 6.03 Å². The molecule has 1 saturated heterocycles. The first kappa shape index (κ1) is 19.2. The minimum absolute atomic E-state index is 0.0202. The molecular weight excluding hydrogens is 344 g/mol. The molecule has 0 atom stereocenters. The Morgan fingerprint density at radius 1 is 1.00 bits per heavy atom. The number of piperazine rings is 1. The Morgan fingerprint density at radius 3 is 2.26 bits per heavy atom. The van der Waals surface area contributed by atoms with E-state index in [2.05, 4.69) is 5.32 Å². The second-order valence-electron chi connectivity index (χ2n) is 8.26. The van der Waals surface area contributed by atoms with E-state index in [1.807, 2.05) is 32.9 Å². The quantitative estimate of drug-likeness (QED) is 0.818. The maximum absolute atomic E-state index is 12.9. The van der Waals surface area contributed by atoms with Gasteiger partial charge in [-0.25, -0.2) is 4.79 Å². The Kier molecular flexibility index (Phi) is 5.13. The van der Waals surface area contributed by atoms with Crippen molar-refractivity contribution in [3.8, 4) is 0 Å². The lowest BCUT2D eigenvalue weighted by molar-refractivity contribution is -0.118. The Labute approximate surface area is 160 Å². The maximum Gasteiger partial charge on any atom is 0.317 e. The number of nitrogens with one attached hydrogen (secondary N) is 1. The monoisotopic (exact) mass is 372 g/mol. The highest BCUT2D eigenvalue weighted by atomic mass is 16.2. The molecule has 0 aromatic heterocycles. The topological polar surface area (TPSA) is 73.0 Å². The molecule has 2 aliphatic heterocycles. The van der Waals surface area contributed by atoms with Crippen LogP contribution in [0.1, 0.15) is 43.1 Å². The molecule has 1 aromatic rings. The van der Waals surface area contributed by atoms with Crippen molar-refractivity contribution in [2.24, 2.45) is 0 Å². The summed E-state index contributed by atoms with van der Waals surface area (Å²) < 4.78 is 0. The van der Waals surface area contributed by atoms with Gasteiger partial charge in [-0.05, 0) is 51.0 Å². The molecular formula is C20H28N4O3. The normalized spacial score (nSPS) is 17.6. The molecule has 0 bridgehead atoms. The summed E-state index contributed by atoms with van der Waals surface area (Å²) in [5.74, 6) is 0.0828. The number of carbonyl (C=O) groups is 3. The summed E-state index contributed by atoms with van der Waals surface area (Å²) in [6, 6.07) is 5.46. The summed E-state index contributed by atoms with van der Waals surface area (Å²) in [4.78, 5) is 42.1. The highest BCUT2D eigenvalue weighted by Crippen LogP contribution is 2.28. The van der Waals surface area contributed by atoms with Gasteiger partial charge < -0.3 is 20.0 Å². The third-order valence-electron chi connectivity index (χ3n) is 5.01. The molecule has 3 rings (SSSR count). The van der Waals surface area contributed by atoms with Crippen LogP contribution in [0.3, 0.4) is 0 Å². The Morgan fingerprint density at radius 2 is 1.63 bits per heavy atom. The molecule has 4 amide bonds. The molecule has 0 saturated carbocycles. The van der Waals surface area contributed by atoms with Crippen LogP contribution in [-0.2, 0) is 11.2 Å². The van der Waals surface area contributed by atoms with Crippen LogP contribution in [0.25, 0.3) is 0 Å². The molecule has 1 aromatic carbocycles. The summed E-state index contributed by atoms with van der Waals surface area (Å²) in [7, 11) is 1.77. The van der Waals surface area contributed by atoms with Crippen LogP contribution >= 0.6 is 0 Å². The van der Waals surface area contributed by atoms with Crippen LogP contribution in [0, 0.1) is 0 Å². The van der Waals surface area contributed by atoms with Gasteiger partial charge in [-0.3, -0.25) is 9.59 Å². The van der Waals surface area contributed by atoms with Crippen molar-refractivity contribution in [2.75, 3.05) is 38.1 Å². The van der Waals surface area contributed by atoms with E-state index in [9.17, 15) is 14.4 Å². The van der Waals surface area contributed by atoms with Crippen molar-refractivity contribution in [2.45, 2.75) is 39.2 Å². The largest absolute Gasteiger partial charge is 0.335 e. The lowest BCUT2D eigenvalue weighted by Gasteiger charge is -2.36. The molecule has 0 radical (unpaired) electrons. The standard InChI is InChI=1S/C20H28N4O3/c1-20(2,3)21-19(27)24-11-9-23(10-12-24)18(26)15-5-7-16-14(13-15)6-8-17(25)22(16)4/h5,7,13H,6,8-12H2,1-4H3,(H,21,27). The second kappa shape index (κ2) is 7.21. The lowest BCUT2D eigenvalue weighted by Crippen LogP contribution is -2.56. The molecule has 7 nitrogen and oxygen atoms in total. The number of rotatable bonds is 1. The van der Waals surface area contributed by atoms with E-state index in [4.69, 9.17) is 0 Å². The maximum atomic E-state index is 12.9. The predicted molar refractivity (Wildman–Crippen MR) is 104 cm³/mol. The minimum atomic E-state index is -0.276. The fraction of sp³-hybridized carbons (Fsp3) is 0.550. The third kappa shape index (κ3) is 4.23. The van der Waals surface area contributed by atoms with Crippen molar-refractivity contribution in [3.05, 3.63) is 29.3 Å². The number of nitrogens with zero attached hydrogens (tertiary/aromatic N) is 3. The number of amides is 4. The zero-order valence-corrected chi connectivity index (χ0v) is 16.5. The number of carbonyl (C=O) groups excluding carboxylic acids is 3. The average Bonchev–Trinajstić information content (AvgIpc) is 2.62. The number of hydrogen-bond acceptors (Lipinski definition) is 3. The van der Waals surface area contributed by atoms with E-state index in [-0.39, 0.29) is 23.4 Å². The molecule has 27 heavy (non-hydrogen) atoms. The van der Waals surface area contributed by atoms with Gasteiger partial charge in [0, 0.05) is 56.4 Å². The molecule has 1 fully saturated rings. The molecule has 1 N–H and O–H groups in total. The van der Waals surface area contributed by atoms with Crippen LogP contribution in [0.15, 0.2) is 18.2 Å². The predicted octanol–water partition coefficient (Wildman–Crippen LogP) is 1.86. The van der Waals surface area contributed by atoms with Crippen LogP contribution in [0.2, 0.25) is 0 Å². The summed E-state index contributed by atoms with van der Waals surface area (Å²) in [5, 5.41) is 2.96. The van der Waals surface area contributed by atoms with Crippen LogP contribution in [0.5, 0.6) is 0 Å². The SMILES string of the molecule is CN1C(=O)CCc2cc(C(=O)N3CCN(C(=O)NC(C)(C)C)CC3)ccc21.